The Balaban J connectivity index is 2.40. The van der Waals surface area contributed by atoms with Gasteiger partial charge in [0.15, 0.2) is 0 Å². The van der Waals surface area contributed by atoms with E-state index in [4.69, 9.17) is 5.73 Å². The van der Waals surface area contributed by atoms with Crippen LogP contribution in [0.3, 0.4) is 0 Å². The van der Waals surface area contributed by atoms with Gasteiger partial charge in [-0.15, -0.1) is 0 Å². The molecule has 0 bridgehead atoms. The number of hydrogen-bond acceptors (Lipinski definition) is 2. The third-order valence-corrected chi connectivity index (χ3v) is 2.03. The lowest BCUT2D eigenvalue weighted by Gasteiger charge is -2.20. The normalized spacial score (nSPS) is 27.5. The van der Waals surface area contributed by atoms with Crippen LogP contribution in [0.4, 0.5) is 0 Å². The molecule has 1 atom stereocenters. The molecule has 1 aliphatic carbocycles. The number of allylic oxidation sites excluding steroid dienone is 4. The molecule has 0 aromatic carbocycles. The lowest BCUT2D eigenvalue weighted by Crippen LogP contribution is -2.14. The minimum Gasteiger partial charge on any atom is -0.398 e. The molecule has 1 unspecified atom stereocenters. The monoisotopic (exact) mass is 146 g/mol. The van der Waals surface area contributed by atoms with Crippen molar-refractivity contribution in [1.29, 1.82) is 0 Å². The fourth-order valence-corrected chi connectivity index (χ4v) is 1.39. The molecule has 2 N–H and O–H groups in total. The number of hydrogen-bond donors (Lipinski definition) is 1. The molecular formula is C9H10N2. The van der Waals surface area contributed by atoms with Gasteiger partial charge >= 0.3 is 0 Å². The van der Waals surface area contributed by atoms with Gasteiger partial charge in [0.25, 0.3) is 0 Å². The average Bonchev–Trinajstić information content (AvgIpc) is 2.06. The molecule has 56 valence electrons. The molecule has 0 fully saturated rings. The number of fused-ring (bicyclic) bond motifs is 1. The SMILES string of the molecule is NC1=CC=CC2CC=NC=C12. The average molecular weight is 146 g/mol. The Morgan fingerprint density at radius 1 is 1.55 bits per heavy atom. The zero-order valence-corrected chi connectivity index (χ0v) is 6.20. The molecule has 2 rings (SSSR count). The molecule has 0 aromatic rings. The number of nitrogens with two attached hydrogens (primary N) is 1. The van der Waals surface area contributed by atoms with E-state index in [-0.39, 0.29) is 0 Å². The zero-order chi connectivity index (χ0) is 7.68. The zero-order valence-electron chi connectivity index (χ0n) is 6.20. The van der Waals surface area contributed by atoms with E-state index in [9.17, 15) is 0 Å². The van der Waals surface area contributed by atoms with E-state index < -0.39 is 0 Å². The highest BCUT2D eigenvalue weighted by atomic mass is 14.7. The first kappa shape index (κ1) is 6.40. The highest BCUT2D eigenvalue weighted by Gasteiger charge is 2.16. The first-order chi connectivity index (χ1) is 5.38. The molecule has 2 heteroatoms. The predicted octanol–water partition coefficient (Wildman–Crippen LogP) is 1.37. The van der Waals surface area contributed by atoms with Gasteiger partial charge in [-0.25, -0.2) is 0 Å². The van der Waals surface area contributed by atoms with Crippen LogP contribution in [0.1, 0.15) is 6.42 Å². The fraction of sp³-hybridized carbons (Fsp3) is 0.222. The van der Waals surface area contributed by atoms with Gasteiger partial charge in [-0.1, -0.05) is 12.2 Å². The van der Waals surface area contributed by atoms with Gasteiger partial charge in [0.05, 0.1) is 0 Å². The largest absolute Gasteiger partial charge is 0.398 e. The Bertz CT molecular complexity index is 282. The van der Waals surface area contributed by atoms with Crippen molar-refractivity contribution in [2.24, 2.45) is 16.6 Å². The minimum absolute atomic E-state index is 0.470. The highest BCUT2D eigenvalue weighted by Crippen LogP contribution is 2.26. The summed E-state index contributed by atoms with van der Waals surface area (Å²) in [5, 5.41) is 0. The molecule has 1 aliphatic heterocycles. The molecule has 0 amide bonds. The Labute approximate surface area is 65.8 Å². The van der Waals surface area contributed by atoms with Crippen molar-refractivity contribution >= 4 is 6.21 Å². The summed E-state index contributed by atoms with van der Waals surface area (Å²) in [5.74, 6) is 0.470. The van der Waals surface area contributed by atoms with Crippen LogP contribution in [0.15, 0.2) is 40.7 Å². The van der Waals surface area contributed by atoms with E-state index in [0.29, 0.717) is 5.92 Å². The van der Waals surface area contributed by atoms with E-state index >= 15 is 0 Å². The van der Waals surface area contributed by atoms with Gasteiger partial charge < -0.3 is 5.73 Å². The fourth-order valence-electron chi connectivity index (χ4n) is 1.39. The Morgan fingerprint density at radius 2 is 2.45 bits per heavy atom. The van der Waals surface area contributed by atoms with Crippen molar-refractivity contribution in [2.75, 3.05) is 0 Å². The predicted molar refractivity (Wildman–Crippen MR) is 46.1 cm³/mol. The van der Waals surface area contributed by atoms with Crippen molar-refractivity contribution in [3.05, 3.63) is 35.7 Å². The van der Waals surface area contributed by atoms with Crippen LogP contribution in [0.25, 0.3) is 0 Å². The summed E-state index contributed by atoms with van der Waals surface area (Å²) in [6.07, 6.45) is 10.9. The standard InChI is InChI=1S/C9H10N2/c10-9-3-1-2-7-4-5-11-6-8(7)9/h1-3,5-7H,4,10H2. The van der Waals surface area contributed by atoms with Crippen LogP contribution in [-0.4, -0.2) is 6.21 Å². The van der Waals surface area contributed by atoms with Crippen molar-refractivity contribution in [2.45, 2.75) is 6.42 Å². The Hall–Kier alpha value is -1.31. The summed E-state index contributed by atoms with van der Waals surface area (Å²) >= 11 is 0. The molecule has 0 spiro atoms. The summed E-state index contributed by atoms with van der Waals surface area (Å²) in [7, 11) is 0. The van der Waals surface area contributed by atoms with Gasteiger partial charge in [-0.2, -0.15) is 0 Å². The molecule has 11 heavy (non-hydrogen) atoms. The molecule has 0 saturated carbocycles. The van der Waals surface area contributed by atoms with Crippen LogP contribution >= 0.6 is 0 Å². The number of rotatable bonds is 0. The van der Waals surface area contributed by atoms with Gasteiger partial charge in [0.2, 0.25) is 0 Å². The van der Waals surface area contributed by atoms with E-state index in [1.165, 1.54) is 0 Å². The Kier molecular flexibility index (Phi) is 1.39. The van der Waals surface area contributed by atoms with Gasteiger partial charge in [-0.05, 0) is 12.5 Å². The first-order valence-corrected chi connectivity index (χ1v) is 3.74. The van der Waals surface area contributed by atoms with Crippen molar-refractivity contribution in [3.63, 3.8) is 0 Å². The second-order valence-corrected chi connectivity index (χ2v) is 2.77. The van der Waals surface area contributed by atoms with E-state index in [0.717, 1.165) is 17.7 Å². The third-order valence-electron chi connectivity index (χ3n) is 2.03. The molecule has 0 aromatic heterocycles. The van der Waals surface area contributed by atoms with Gasteiger partial charge in [0, 0.05) is 29.6 Å². The van der Waals surface area contributed by atoms with E-state index in [1.54, 1.807) is 0 Å². The molecule has 1 heterocycles. The molecule has 2 aliphatic rings. The summed E-state index contributed by atoms with van der Waals surface area (Å²) < 4.78 is 0. The summed E-state index contributed by atoms with van der Waals surface area (Å²) in [5.41, 5.74) is 7.77. The van der Waals surface area contributed by atoms with E-state index in [1.807, 2.05) is 24.6 Å². The topological polar surface area (TPSA) is 38.4 Å². The van der Waals surface area contributed by atoms with Crippen molar-refractivity contribution < 1.29 is 0 Å². The van der Waals surface area contributed by atoms with Crippen molar-refractivity contribution in [1.82, 2.24) is 0 Å². The summed E-state index contributed by atoms with van der Waals surface area (Å²) in [4.78, 5) is 4.07. The number of nitrogens with zero attached hydrogens (tertiary/aromatic N) is 1. The number of aliphatic imine (C=N–C) groups is 1. The molecule has 0 radical (unpaired) electrons. The van der Waals surface area contributed by atoms with Crippen LogP contribution in [0, 0.1) is 5.92 Å². The maximum Gasteiger partial charge on any atom is 0.0368 e. The quantitative estimate of drug-likeness (QED) is 0.550. The lowest BCUT2D eigenvalue weighted by molar-refractivity contribution is 0.788. The highest BCUT2D eigenvalue weighted by molar-refractivity contribution is 5.63. The first-order valence-electron chi connectivity index (χ1n) is 3.74. The smallest absolute Gasteiger partial charge is 0.0368 e. The second-order valence-electron chi connectivity index (χ2n) is 2.77. The van der Waals surface area contributed by atoms with Gasteiger partial charge in [-0.3, -0.25) is 4.99 Å². The molecular weight excluding hydrogens is 136 g/mol. The molecule has 2 nitrogen and oxygen atoms in total. The van der Waals surface area contributed by atoms with Gasteiger partial charge in [0.1, 0.15) is 0 Å². The molecule has 0 saturated heterocycles. The maximum atomic E-state index is 5.76. The minimum atomic E-state index is 0.470. The maximum absolute atomic E-state index is 5.76. The van der Waals surface area contributed by atoms with Crippen LogP contribution in [-0.2, 0) is 0 Å². The lowest BCUT2D eigenvalue weighted by atomic mass is 9.89. The van der Waals surface area contributed by atoms with Crippen LogP contribution in [0.2, 0.25) is 0 Å². The van der Waals surface area contributed by atoms with Crippen LogP contribution < -0.4 is 5.73 Å². The van der Waals surface area contributed by atoms with Crippen molar-refractivity contribution in [3.8, 4) is 0 Å². The van der Waals surface area contributed by atoms with Crippen LogP contribution in [0.5, 0.6) is 0 Å². The summed E-state index contributed by atoms with van der Waals surface area (Å²) in [6.45, 7) is 0. The Morgan fingerprint density at radius 3 is 3.27 bits per heavy atom. The van der Waals surface area contributed by atoms with E-state index in [2.05, 4.69) is 11.1 Å². The third kappa shape index (κ3) is 1.00. The second kappa shape index (κ2) is 2.38. The summed E-state index contributed by atoms with van der Waals surface area (Å²) in [6, 6.07) is 0.